The predicted molar refractivity (Wildman–Crippen MR) is 110 cm³/mol. The Balaban J connectivity index is 1.48. The van der Waals surface area contributed by atoms with Crippen LogP contribution in [0.2, 0.25) is 0 Å². The highest BCUT2D eigenvalue weighted by molar-refractivity contribution is 7.88. The van der Waals surface area contributed by atoms with Crippen LogP contribution >= 0.6 is 0 Å². The van der Waals surface area contributed by atoms with Gasteiger partial charge in [0.15, 0.2) is 0 Å². The number of carbonyl (C=O) groups excluding carboxylic acids is 1. The average molecular weight is 399 g/mol. The molecule has 0 spiro atoms. The fourth-order valence-corrected chi connectivity index (χ4v) is 5.14. The normalized spacial score (nSPS) is 24.4. The molecule has 2 aromatic carbocycles. The summed E-state index contributed by atoms with van der Waals surface area (Å²) in [5.74, 6) is 0.398. The molecule has 2 aromatic rings. The minimum atomic E-state index is -3.24. The van der Waals surface area contributed by atoms with Gasteiger partial charge in [-0.3, -0.25) is 4.79 Å². The van der Waals surface area contributed by atoms with Gasteiger partial charge in [-0.1, -0.05) is 48.5 Å². The second-order valence-corrected chi connectivity index (χ2v) is 9.79. The summed E-state index contributed by atoms with van der Waals surface area (Å²) in [6.45, 7) is 3.20. The van der Waals surface area contributed by atoms with E-state index in [1.165, 1.54) is 22.3 Å². The lowest BCUT2D eigenvalue weighted by atomic mass is 9.93. The highest BCUT2D eigenvalue weighted by Gasteiger charge is 2.47. The summed E-state index contributed by atoms with van der Waals surface area (Å²) in [7, 11) is -3.24. The van der Waals surface area contributed by atoms with Crippen molar-refractivity contribution >= 4 is 15.9 Å². The first kappa shape index (κ1) is 19.2. The van der Waals surface area contributed by atoms with Crippen LogP contribution in [0.4, 0.5) is 0 Å². The van der Waals surface area contributed by atoms with Crippen LogP contribution in [0.15, 0.2) is 48.5 Å². The van der Waals surface area contributed by atoms with E-state index in [0.29, 0.717) is 19.5 Å². The Bertz CT molecular complexity index is 1000. The number of nitrogens with zero attached hydrogens (tertiary/aromatic N) is 1. The van der Waals surface area contributed by atoms with E-state index >= 15 is 0 Å². The molecule has 1 saturated carbocycles. The number of rotatable bonds is 5. The lowest BCUT2D eigenvalue weighted by molar-refractivity contribution is -0.131. The molecule has 1 aliphatic heterocycles. The van der Waals surface area contributed by atoms with Gasteiger partial charge in [0.1, 0.15) is 0 Å². The van der Waals surface area contributed by atoms with E-state index in [9.17, 15) is 13.2 Å². The second-order valence-electron chi connectivity index (χ2n) is 8.01. The van der Waals surface area contributed by atoms with Gasteiger partial charge in [-0.05, 0) is 47.9 Å². The number of amides is 1. The van der Waals surface area contributed by atoms with Crippen molar-refractivity contribution in [1.29, 1.82) is 0 Å². The minimum Gasteiger partial charge on any atom is -0.341 e. The quantitative estimate of drug-likeness (QED) is 0.842. The molecular weight excluding hydrogens is 372 g/mol. The topological polar surface area (TPSA) is 66.5 Å². The summed E-state index contributed by atoms with van der Waals surface area (Å²) in [4.78, 5) is 14.8. The van der Waals surface area contributed by atoms with Crippen molar-refractivity contribution in [2.24, 2.45) is 5.92 Å². The van der Waals surface area contributed by atoms with Crippen molar-refractivity contribution in [3.8, 4) is 11.1 Å². The number of aryl methyl sites for hydroxylation is 1. The van der Waals surface area contributed by atoms with Gasteiger partial charge in [-0.25, -0.2) is 13.1 Å². The molecule has 28 heavy (non-hydrogen) atoms. The Labute approximate surface area is 166 Å². The summed E-state index contributed by atoms with van der Waals surface area (Å²) in [5.41, 5.74) is 4.89. The number of sulfonamides is 1. The largest absolute Gasteiger partial charge is 0.341 e. The first-order valence-electron chi connectivity index (χ1n) is 9.74. The molecule has 6 heteroatoms. The number of hydrogen-bond acceptors (Lipinski definition) is 3. The van der Waals surface area contributed by atoms with Crippen molar-refractivity contribution in [1.82, 2.24) is 9.62 Å². The highest BCUT2D eigenvalue weighted by Crippen LogP contribution is 2.51. The summed E-state index contributed by atoms with van der Waals surface area (Å²) >= 11 is 0. The van der Waals surface area contributed by atoms with Gasteiger partial charge in [-0.15, -0.1) is 0 Å². The van der Waals surface area contributed by atoms with Crippen molar-refractivity contribution in [3.63, 3.8) is 0 Å². The number of nitrogens with one attached hydrogen (secondary N) is 1. The third-order valence-corrected chi connectivity index (χ3v) is 6.55. The molecule has 1 N–H and O–H groups in total. The molecule has 0 radical (unpaired) electrons. The molecule has 5 nitrogen and oxygen atoms in total. The molecule has 3 atom stereocenters. The van der Waals surface area contributed by atoms with Gasteiger partial charge in [-0.2, -0.15) is 0 Å². The number of benzene rings is 2. The molecule has 1 saturated heterocycles. The Morgan fingerprint density at radius 2 is 1.75 bits per heavy atom. The van der Waals surface area contributed by atoms with Gasteiger partial charge in [0.05, 0.1) is 6.26 Å². The lowest BCUT2D eigenvalue weighted by Gasteiger charge is -2.17. The van der Waals surface area contributed by atoms with Crippen molar-refractivity contribution in [3.05, 3.63) is 59.7 Å². The summed E-state index contributed by atoms with van der Waals surface area (Å²) in [6, 6.07) is 16.5. The standard InChI is InChI=1S/C22H26N2O3S/c1-15-7-3-4-8-17(15)18-9-5-6-10-19(18)20-13-21(20)22(25)24-12-11-16(14-24)23-28(2,26)27/h3-10,16,20-21,23H,11-14H2,1-2H3/t16-,20-,21+/m0/s1. The Morgan fingerprint density at radius 3 is 2.46 bits per heavy atom. The van der Waals surface area contributed by atoms with E-state index in [0.717, 1.165) is 12.7 Å². The molecular formula is C22H26N2O3S. The summed E-state index contributed by atoms with van der Waals surface area (Å²) in [5, 5.41) is 0. The number of hydrogen-bond donors (Lipinski definition) is 1. The number of carbonyl (C=O) groups is 1. The Morgan fingerprint density at radius 1 is 1.07 bits per heavy atom. The van der Waals surface area contributed by atoms with E-state index in [1.54, 1.807) is 0 Å². The molecule has 0 aromatic heterocycles. The average Bonchev–Trinajstić information content (AvgIpc) is 3.32. The molecule has 1 heterocycles. The van der Waals surface area contributed by atoms with Crippen molar-refractivity contribution < 1.29 is 13.2 Å². The minimum absolute atomic E-state index is 0.00199. The van der Waals surface area contributed by atoms with Crippen LogP contribution in [-0.2, 0) is 14.8 Å². The van der Waals surface area contributed by atoms with E-state index in [2.05, 4.69) is 35.9 Å². The molecule has 2 fully saturated rings. The van der Waals surface area contributed by atoms with E-state index in [-0.39, 0.29) is 23.8 Å². The molecule has 148 valence electrons. The maximum absolute atomic E-state index is 13.0. The maximum Gasteiger partial charge on any atom is 0.226 e. The van der Waals surface area contributed by atoms with Crippen molar-refractivity contribution in [2.75, 3.05) is 19.3 Å². The fraction of sp³-hybridized carbons (Fsp3) is 0.409. The van der Waals surface area contributed by atoms with Crippen LogP contribution in [-0.4, -0.2) is 44.6 Å². The van der Waals surface area contributed by atoms with Gasteiger partial charge in [0.25, 0.3) is 0 Å². The van der Waals surface area contributed by atoms with E-state index < -0.39 is 10.0 Å². The Hall–Kier alpha value is -2.18. The zero-order valence-electron chi connectivity index (χ0n) is 16.3. The highest BCUT2D eigenvalue weighted by atomic mass is 32.2. The van der Waals surface area contributed by atoms with Gasteiger partial charge < -0.3 is 4.90 Å². The zero-order valence-corrected chi connectivity index (χ0v) is 17.1. The van der Waals surface area contributed by atoms with Gasteiger partial charge in [0, 0.05) is 25.0 Å². The third kappa shape index (κ3) is 3.98. The molecule has 1 amide bonds. The number of likely N-dealkylation sites (tertiary alicyclic amines) is 1. The van der Waals surface area contributed by atoms with Gasteiger partial charge in [0.2, 0.25) is 15.9 Å². The zero-order chi connectivity index (χ0) is 19.9. The maximum atomic E-state index is 13.0. The third-order valence-electron chi connectivity index (χ3n) is 5.78. The second kappa shape index (κ2) is 7.33. The molecule has 0 unspecified atom stereocenters. The molecule has 2 aliphatic rings. The molecule has 1 aliphatic carbocycles. The van der Waals surface area contributed by atoms with Gasteiger partial charge >= 0.3 is 0 Å². The van der Waals surface area contributed by atoms with E-state index in [4.69, 9.17) is 0 Å². The van der Waals surface area contributed by atoms with Crippen LogP contribution in [0.3, 0.4) is 0 Å². The van der Waals surface area contributed by atoms with Crippen LogP contribution in [0.5, 0.6) is 0 Å². The predicted octanol–water partition coefficient (Wildman–Crippen LogP) is 2.92. The summed E-state index contributed by atoms with van der Waals surface area (Å²) < 4.78 is 25.5. The van der Waals surface area contributed by atoms with Crippen LogP contribution in [0, 0.1) is 12.8 Å². The Kier molecular flexibility index (Phi) is 5.02. The van der Waals surface area contributed by atoms with E-state index in [1.807, 2.05) is 29.2 Å². The van der Waals surface area contributed by atoms with Crippen molar-refractivity contribution in [2.45, 2.75) is 31.7 Å². The smallest absolute Gasteiger partial charge is 0.226 e. The fourth-order valence-electron chi connectivity index (χ4n) is 4.35. The molecule has 0 bridgehead atoms. The first-order chi connectivity index (χ1) is 13.3. The summed E-state index contributed by atoms with van der Waals surface area (Å²) in [6.07, 6.45) is 2.70. The first-order valence-corrected chi connectivity index (χ1v) is 11.6. The van der Waals surface area contributed by atoms with Crippen LogP contribution in [0.25, 0.3) is 11.1 Å². The monoisotopic (exact) mass is 398 g/mol. The van der Waals surface area contributed by atoms with Crippen LogP contribution in [0.1, 0.15) is 29.9 Å². The molecule has 4 rings (SSSR count). The lowest BCUT2D eigenvalue weighted by Crippen LogP contribution is -2.38. The SMILES string of the molecule is Cc1ccccc1-c1ccccc1[C@@H]1C[C@H]1C(=O)N1CC[C@H](NS(C)(=O)=O)C1. The van der Waals surface area contributed by atoms with Crippen LogP contribution < -0.4 is 4.72 Å².